The molecule has 0 atom stereocenters. The predicted octanol–water partition coefficient (Wildman–Crippen LogP) is 5.63. The maximum Gasteiger partial charge on any atom is 0.416 e. The van der Waals surface area contributed by atoms with Crippen molar-refractivity contribution in [2.24, 2.45) is 0 Å². The highest BCUT2D eigenvalue weighted by atomic mass is 19.4. The van der Waals surface area contributed by atoms with Crippen molar-refractivity contribution < 1.29 is 17.6 Å². The summed E-state index contributed by atoms with van der Waals surface area (Å²) in [5.41, 5.74) is 0.978. The molecule has 0 N–H and O–H groups in total. The fourth-order valence-electron chi connectivity index (χ4n) is 1.96. The molecule has 0 spiro atoms. The SMILES string of the molecule is CC(C)c1ccc(F)c(-c2ccc(C(F)(F)F)cc2)c1. The van der Waals surface area contributed by atoms with Crippen LogP contribution in [0.15, 0.2) is 42.5 Å². The van der Waals surface area contributed by atoms with E-state index in [-0.39, 0.29) is 5.92 Å². The van der Waals surface area contributed by atoms with E-state index in [1.54, 1.807) is 12.1 Å². The van der Waals surface area contributed by atoms with E-state index in [0.717, 1.165) is 17.7 Å². The van der Waals surface area contributed by atoms with Crippen LogP contribution >= 0.6 is 0 Å². The van der Waals surface area contributed by atoms with Gasteiger partial charge in [0.2, 0.25) is 0 Å². The third-order valence-corrected chi connectivity index (χ3v) is 3.18. The number of alkyl halides is 3. The Kier molecular flexibility index (Phi) is 3.84. The summed E-state index contributed by atoms with van der Waals surface area (Å²) in [6, 6.07) is 9.25. The average Bonchev–Trinajstić information content (AvgIpc) is 2.38. The van der Waals surface area contributed by atoms with Gasteiger partial charge in [-0.15, -0.1) is 0 Å². The normalized spacial score (nSPS) is 11.9. The van der Waals surface area contributed by atoms with Crippen molar-refractivity contribution in [3.05, 3.63) is 59.4 Å². The minimum absolute atomic E-state index is 0.226. The first-order valence-electron chi connectivity index (χ1n) is 6.26. The molecule has 2 aromatic carbocycles. The van der Waals surface area contributed by atoms with Gasteiger partial charge in [0.1, 0.15) is 5.82 Å². The summed E-state index contributed by atoms with van der Waals surface area (Å²) >= 11 is 0. The van der Waals surface area contributed by atoms with Gasteiger partial charge in [0.25, 0.3) is 0 Å². The summed E-state index contributed by atoms with van der Waals surface area (Å²) < 4.78 is 51.3. The lowest BCUT2D eigenvalue weighted by Crippen LogP contribution is -2.04. The zero-order valence-electron chi connectivity index (χ0n) is 11.1. The van der Waals surface area contributed by atoms with E-state index in [9.17, 15) is 17.6 Å². The van der Waals surface area contributed by atoms with Gasteiger partial charge in [-0.2, -0.15) is 13.2 Å². The smallest absolute Gasteiger partial charge is 0.206 e. The van der Waals surface area contributed by atoms with Crippen molar-refractivity contribution in [2.75, 3.05) is 0 Å². The lowest BCUT2D eigenvalue weighted by atomic mass is 9.96. The third kappa shape index (κ3) is 3.00. The lowest BCUT2D eigenvalue weighted by Gasteiger charge is -2.11. The predicted molar refractivity (Wildman–Crippen MR) is 70.9 cm³/mol. The van der Waals surface area contributed by atoms with Gasteiger partial charge in [-0.25, -0.2) is 4.39 Å². The highest BCUT2D eigenvalue weighted by Crippen LogP contribution is 2.32. The van der Waals surface area contributed by atoms with Crippen molar-refractivity contribution >= 4 is 0 Å². The van der Waals surface area contributed by atoms with Crippen LogP contribution in [0.2, 0.25) is 0 Å². The van der Waals surface area contributed by atoms with E-state index in [4.69, 9.17) is 0 Å². The van der Waals surface area contributed by atoms with Crippen molar-refractivity contribution in [3.8, 4) is 11.1 Å². The van der Waals surface area contributed by atoms with Gasteiger partial charge in [-0.1, -0.05) is 32.0 Å². The van der Waals surface area contributed by atoms with Crippen LogP contribution in [-0.4, -0.2) is 0 Å². The molecule has 0 bridgehead atoms. The van der Waals surface area contributed by atoms with E-state index in [2.05, 4.69) is 0 Å². The molecule has 0 aliphatic rings. The van der Waals surface area contributed by atoms with Gasteiger partial charge in [0.05, 0.1) is 5.56 Å². The monoisotopic (exact) mass is 282 g/mol. The first-order chi connectivity index (χ1) is 9.29. The fourth-order valence-corrected chi connectivity index (χ4v) is 1.96. The molecular formula is C16H14F4. The van der Waals surface area contributed by atoms with Crippen LogP contribution in [0, 0.1) is 5.82 Å². The molecule has 0 saturated carbocycles. The van der Waals surface area contributed by atoms with Crippen LogP contribution < -0.4 is 0 Å². The summed E-state index contributed by atoms with van der Waals surface area (Å²) in [6.45, 7) is 3.95. The standard InChI is InChI=1S/C16H14F4/c1-10(2)12-5-8-15(17)14(9-12)11-3-6-13(7-4-11)16(18,19)20/h3-10H,1-2H3. The lowest BCUT2D eigenvalue weighted by molar-refractivity contribution is -0.137. The van der Waals surface area contributed by atoms with Gasteiger partial charge in [0.15, 0.2) is 0 Å². The van der Waals surface area contributed by atoms with Crippen LogP contribution in [0.4, 0.5) is 17.6 Å². The van der Waals surface area contributed by atoms with E-state index < -0.39 is 17.6 Å². The Bertz CT molecular complexity index is 595. The summed E-state index contributed by atoms with van der Waals surface area (Å²) in [7, 11) is 0. The van der Waals surface area contributed by atoms with E-state index in [0.29, 0.717) is 11.1 Å². The van der Waals surface area contributed by atoms with Gasteiger partial charge in [-0.05, 0) is 41.3 Å². The number of hydrogen-bond acceptors (Lipinski definition) is 0. The highest BCUT2D eigenvalue weighted by Gasteiger charge is 2.30. The first-order valence-corrected chi connectivity index (χ1v) is 6.26. The molecule has 106 valence electrons. The highest BCUT2D eigenvalue weighted by molar-refractivity contribution is 5.65. The van der Waals surface area contributed by atoms with Crippen molar-refractivity contribution in [3.63, 3.8) is 0 Å². The van der Waals surface area contributed by atoms with Gasteiger partial charge < -0.3 is 0 Å². The zero-order chi connectivity index (χ0) is 14.9. The van der Waals surface area contributed by atoms with Crippen LogP contribution in [-0.2, 0) is 6.18 Å². The molecule has 4 heteroatoms. The molecule has 20 heavy (non-hydrogen) atoms. The summed E-state index contributed by atoms with van der Waals surface area (Å²) in [6.07, 6.45) is -4.38. The second-order valence-corrected chi connectivity index (χ2v) is 4.97. The number of rotatable bonds is 2. The number of benzene rings is 2. The van der Waals surface area contributed by atoms with Crippen LogP contribution in [0.3, 0.4) is 0 Å². The molecule has 0 aliphatic heterocycles. The molecule has 0 nitrogen and oxygen atoms in total. The molecule has 2 rings (SSSR count). The summed E-state index contributed by atoms with van der Waals surface area (Å²) in [4.78, 5) is 0. The Hall–Kier alpha value is -1.84. The third-order valence-electron chi connectivity index (χ3n) is 3.18. The minimum atomic E-state index is -4.38. The minimum Gasteiger partial charge on any atom is -0.206 e. The molecule has 2 aromatic rings. The van der Waals surface area contributed by atoms with E-state index in [1.165, 1.54) is 18.2 Å². The van der Waals surface area contributed by atoms with E-state index >= 15 is 0 Å². The van der Waals surface area contributed by atoms with Gasteiger partial charge in [-0.3, -0.25) is 0 Å². The second-order valence-electron chi connectivity index (χ2n) is 4.97. The quantitative estimate of drug-likeness (QED) is 0.626. The summed E-state index contributed by atoms with van der Waals surface area (Å²) in [5, 5.41) is 0. The van der Waals surface area contributed by atoms with Gasteiger partial charge in [0, 0.05) is 5.56 Å². The Balaban J connectivity index is 2.44. The van der Waals surface area contributed by atoms with E-state index in [1.807, 2.05) is 13.8 Å². The van der Waals surface area contributed by atoms with Gasteiger partial charge >= 0.3 is 6.18 Å². The van der Waals surface area contributed by atoms with Crippen molar-refractivity contribution in [2.45, 2.75) is 25.9 Å². The Labute approximate surface area is 115 Å². The molecule has 0 unspecified atom stereocenters. The maximum absolute atomic E-state index is 13.8. The van der Waals surface area contributed by atoms with Crippen molar-refractivity contribution in [1.29, 1.82) is 0 Å². The molecule has 0 fully saturated rings. The molecule has 0 saturated heterocycles. The first kappa shape index (κ1) is 14.6. The van der Waals surface area contributed by atoms with Crippen LogP contribution in [0.1, 0.15) is 30.9 Å². The molecule has 0 heterocycles. The van der Waals surface area contributed by atoms with Crippen LogP contribution in [0.25, 0.3) is 11.1 Å². The molecule has 0 aromatic heterocycles. The Morgan fingerprint density at radius 3 is 2.00 bits per heavy atom. The Morgan fingerprint density at radius 2 is 1.50 bits per heavy atom. The van der Waals surface area contributed by atoms with Crippen LogP contribution in [0.5, 0.6) is 0 Å². The molecule has 0 aliphatic carbocycles. The number of halogens is 4. The fraction of sp³-hybridized carbons (Fsp3) is 0.250. The summed E-state index contributed by atoms with van der Waals surface area (Å²) in [5.74, 6) is -0.210. The average molecular weight is 282 g/mol. The molecule has 0 amide bonds. The number of hydrogen-bond donors (Lipinski definition) is 0. The Morgan fingerprint density at radius 1 is 0.900 bits per heavy atom. The zero-order valence-corrected chi connectivity index (χ0v) is 11.1. The second kappa shape index (κ2) is 5.27. The molecular weight excluding hydrogens is 268 g/mol. The van der Waals surface area contributed by atoms with Crippen molar-refractivity contribution in [1.82, 2.24) is 0 Å². The topological polar surface area (TPSA) is 0 Å². The largest absolute Gasteiger partial charge is 0.416 e. The molecule has 0 radical (unpaired) electrons. The maximum atomic E-state index is 13.8.